The Bertz CT molecular complexity index is 936. The van der Waals surface area contributed by atoms with Gasteiger partial charge in [0.15, 0.2) is 0 Å². The molecule has 1 heterocycles. The van der Waals surface area contributed by atoms with Crippen LogP contribution >= 0.6 is 0 Å². The third kappa shape index (κ3) is 3.93. The van der Waals surface area contributed by atoms with E-state index in [0.29, 0.717) is 31.9 Å². The summed E-state index contributed by atoms with van der Waals surface area (Å²) in [5, 5.41) is 2.17. The first-order valence-corrected chi connectivity index (χ1v) is 8.98. The molecule has 5 heteroatoms. The van der Waals surface area contributed by atoms with Gasteiger partial charge in [-0.1, -0.05) is 36.4 Å². The topological polar surface area (TPSA) is 38.8 Å². The quantitative estimate of drug-likeness (QED) is 0.704. The molecule has 0 radical (unpaired) electrons. The number of amides is 1. The van der Waals surface area contributed by atoms with Gasteiger partial charge in [-0.3, -0.25) is 4.79 Å². The number of halogens is 1. The largest absolute Gasteiger partial charge is 0.490 e. The van der Waals surface area contributed by atoms with Crippen molar-refractivity contribution in [1.82, 2.24) is 4.90 Å². The second-order valence-corrected chi connectivity index (χ2v) is 6.54. The molecule has 1 saturated heterocycles. The maximum atomic E-state index is 13.1. The number of hydrogen-bond acceptors (Lipinski definition) is 3. The minimum atomic E-state index is -0.352. The van der Waals surface area contributed by atoms with Gasteiger partial charge in [-0.05, 0) is 35.7 Å². The minimum absolute atomic E-state index is 0.117. The number of fused-ring (bicyclic) bond motifs is 1. The van der Waals surface area contributed by atoms with Gasteiger partial charge < -0.3 is 14.4 Å². The predicted molar refractivity (Wildman–Crippen MR) is 101 cm³/mol. The molecule has 0 saturated carbocycles. The zero-order valence-corrected chi connectivity index (χ0v) is 14.8. The van der Waals surface area contributed by atoms with Crippen LogP contribution in [-0.4, -0.2) is 43.2 Å². The molecule has 3 aromatic rings. The van der Waals surface area contributed by atoms with Crippen LogP contribution in [0.15, 0.2) is 66.7 Å². The minimum Gasteiger partial charge on any atom is -0.490 e. The first-order valence-electron chi connectivity index (χ1n) is 8.98. The normalized spacial score (nSPS) is 17.1. The van der Waals surface area contributed by atoms with Crippen molar-refractivity contribution < 1.29 is 18.7 Å². The van der Waals surface area contributed by atoms with Gasteiger partial charge in [0.2, 0.25) is 0 Å². The van der Waals surface area contributed by atoms with E-state index < -0.39 is 0 Å². The third-order valence-corrected chi connectivity index (χ3v) is 4.69. The SMILES string of the molecule is O=C(c1ccc(F)cc1)N1CCOC(COc2cccc3ccccc23)C1. The molecule has 1 fully saturated rings. The van der Waals surface area contributed by atoms with E-state index in [9.17, 15) is 9.18 Å². The molecule has 27 heavy (non-hydrogen) atoms. The van der Waals surface area contributed by atoms with E-state index in [4.69, 9.17) is 9.47 Å². The summed E-state index contributed by atoms with van der Waals surface area (Å²) in [6.07, 6.45) is -0.206. The van der Waals surface area contributed by atoms with Crippen LogP contribution in [0.25, 0.3) is 10.8 Å². The summed E-state index contributed by atoms with van der Waals surface area (Å²) in [4.78, 5) is 14.3. The number of benzene rings is 3. The van der Waals surface area contributed by atoms with Crippen molar-refractivity contribution in [2.45, 2.75) is 6.10 Å². The van der Waals surface area contributed by atoms with E-state index in [0.717, 1.165) is 16.5 Å². The average molecular weight is 365 g/mol. The van der Waals surface area contributed by atoms with Crippen LogP contribution in [-0.2, 0) is 4.74 Å². The van der Waals surface area contributed by atoms with E-state index in [1.807, 2.05) is 42.5 Å². The maximum Gasteiger partial charge on any atom is 0.254 e. The molecule has 3 aromatic carbocycles. The fraction of sp³-hybridized carbons (Fsp3) is 0.227. The Morgan fingerprint density at radius 3 is 2.70 bits per heavy atom. The lowest BCUT2D eigenvalue weighted by molar-refractivity contribution is -0.0399. The van der Waals surface area contributed by atoms with Gasteiger partial charge >= 0.3 is 0 Å². The summed E-state index contributed by atoms with van der Waals surface area (Å²) in [5.41, 5.74) is 0.479. The summed E-state index contributed by atoms with van der Waals surface area (Å²) < 4.78 is 24.8. The summed E-state index contributed by atoms with van der Waals surface area (Å²) in [6.45, 7) is 1.78. The Morgan fingerprint density at radius 1 is 1.07 bits per heavy atom. The molecule has 4 nitrogen and oxygen atoms in total. The molecule has 1 amide bonds. The lowest BCUT2D eigenvalue weighted by Gasteiger charge is -2.33. The molecular weight excluding hydrogens is 345 g/mol. The van der Waals surface area contributed by atoms with Crippen LogP contribution < -0.4 is 4.74 Å². The first-order chi connectivity index (χ1) is 13.2. The Balaban J connectivity index is 1.41. The van der Waals surface area contributed by atoms with Crippen LogP contribution in [0.1, 0.15) is 10.4 Å². The number of rotatable bonds is 4. The number of morpholine rings is 1. The maximum absolute atomic E-state index is 13.1. The van der Waals surface area contributed by atoms with Crippen molar-refractivity contribution in [2.75, 3.05) is 26.3 Å². The van der Waals surface area contributed by atoms with E-state index in [1.165, 1.54) is 24.3 Å². The van der Waals surface area contributed by atoms with E-state index in [-0.39, 0.29) is 17.8 Å². The van der Waals surface area contributed by atoms with Gasteiger partial charge in [-0.15, -0.1) is 0 Å². The van der Waals surface area contributed by atoms with Gasteiger partial charge in [-0.25, -0.2) is 4.39 Å². The van der Waals surface area contributed by atoms with Crippen LogP contribution in [0.5, 0.6) is 5.75 Å². The van der Waals surface area contributed by atoms with Gasteiger partial charge in [-0.2, -0.15) is 0 Å². The third-order valence-electron chi connectivity index (χ3n) is 4.69. The highest BCUT2D eigenvalue weighted by atomic mass is 19.1. The standard InChI is InChI=1S/C22H20FNO3/c23-18-10-8-17(9-11-18)22(25)24-12-13-26-19(14-24)15-27-21-7-3-5-16-4-1-2-6-20(16)21/h1-11,19H,12-15H2. The van der Waals surface area contributed by atoms with Gasteiger partial charge in [0.05, 0.1) is 13.2 Å². The van der Waals surface area contributed by atoms with Gasteiger partial charge in [0.25, 0.3) is 5.91 Å². The lowest BCUT2D eigenvalue weighted by atomic mass is 10.1. The number of hydrogen-bond donors (Lipinski definition) is 0. The molecule has 0 bridgehead atoms. The van der Waals surface area contributed by atoms with Gasteiger partial charge in [0, 0.05) is 17.5 Å². The van der Waals surface area contributed by atoms with Crippen LogP contribution in [0.3, 0.4) is 0 Å². The number of ether oxygens (including phenoxy) is 2. The Hall–Kier alpha value is -2.92. The van der Waals surface area contributed by atoms with E-state index in [2.05, 4.69) is 0 Å². The number of carbonyl (C=O) groups excluding carboxylic acids is 1. The second kappa shape index (κ2) is 7.76. The Kier molecular flexibility index (Phi) is 5.03. The molecule has 1 atom stereocenters. The van der Waals surface area contributed by atoms with Crippen LogP contribution in [0, 0.1) is 5.82 Å². The molecule has 0 N–H and O–H groups in total. The number of carbonyl (C=O) groups is 1. The summed E-state index contributed by atoms with van der Waals surface area (Å²) in [7, 11) is 0. The van der Waals surface area contributed by atoms with Crippen molar-refractivity contribution in [3.63, 3.8) is 0 Å². The highest BCUT2D eigenvalue weighted by molar-refractivity contribution is 5.94. The Labute approximate surface area is 157 Å². The molecule has 138 valence electrons. The van der Waals surface area contributed by atoms with Crippen molar-refractivity contribution in [3.8, 4) is 5.75 Å². The number of nitrogens with zero attached hydrogens (tertiary/aromatic N) is 1. The predicted octanol–water partition coefficient (Wildman–Crippen LogP) is 3.90. The average Bonchev–Trinajstić information content (AvgIpc) is 2.72. The van der Waals surface area contributed by atoms with Crippen LogP contribution in [0.4, 0.5) is 4.39 Å². The smallest absolute Gasteiger partial charge is 0.254 e. The molecule has 1 aliphatic heterocycles. The van der Waals surface area contributed by atoms with Gasteiger partial charge in [0.1, 0.15) is 24.3 Å². The zero-order chi connectivity index (χ0) is 18.6. The highest BCUT2D eigenvalue weighted by Crippen LogP contribution is 2.25. The molecule has 0 aliphatic carbocycles. The monoisotopic (exact) mass is 365 g/mol. The van der Waals surface area contributed by atoms with Crippen molar-refractivity contribution in [3.05, 3.63) is 78.1 Å². The molecule has 0 spiro atoms. The molecule has 1 unspecified atom stereocenters. The zero-order valence-electron chi connectivity index (χ0n) is 14.8. The van der Waals surface area contributed by atoms with Crippen molar-refractivity contribution in [2.24, 2.45) is 0 Å². The highest BCUT2D eigenvalue weighted by Gasteiger charge is 2.25. The molecule has 1 aliphatic rings. The summed E-state index contributed by atoms with van der Waals surface area (Å²) >= 11 is 0. The first kappa shape index (κ1) is 17.5. The summed E-state index contributed by atoms with van der Waals surface area (Å²) in [5.74, 6) is 0.335. The fourth-order valence-corrected chi connectivity index (χ4v) is 3.28. The molecule has 4 rings (SSSR count). The molecular formula is C22H20FNO3. The fourth-order valence-electron chi connectivity index (χ4n) is 3.28. The van der Waals surface area contributed by atoms with E-state index >= 15 is 0 Å². The van der Waals surface area contributed by atoms with Crippen molar-refractivity contribution in [1.29, 1.82) is 0 Å². The lowest BCUT2D eigenvalue weighted by Crippen LogP contribution is -2.47. The van der Waals surface area contributed by atoms with Crippen LogP contribution in [0.2, 0.25) is 0 Å². The van der Waals surface area contributed by atoms with Crippen molar-refractivity contribution >= 4 is 16.7 Å². The van der Waals surface area contributed by atoms with E-state index in [1.54, 1.807) is 4.90 Å². The summed E-state index contributed by atoms with van der Waals surface area (Å²) in [6, 6.07) is 19.6. The molecule has 0 aromatic heterocycles. The Morgan fingerprint density at radius 2 is 1.85 bits per heavy atom. The second-order valence-electron chi connectivity index (χ2n) is 6.54.